The highest BCUT2D eigenvalue weighted by Crippen LogP contribution is 2.42. The summed E-state index contributed by atoms with van der Waals surface area (Å²) in [7, 11) is 1.48. The van der Waals surface area contributed by atoms with Gasteiger partial charge in [-0.1, -0.05) is 54.6 Å². The highest BCUT2D eigenvalue weighted by Gasteiger charge is 2.48. The number of ether oxygens (including phenoxy) is 1. The Morgan fingerprint density at radius 3 is 2.41 bits per heavy atom. The largest absolute Gasteiger partial charge is 0.507 e. The molecule has 2 N–H and O–H groups in total. The number of aromatic amines is 1. The third kappa shape index (κ3) is 3.02. The maximum absolute atomic E-state index is 13.2. The number of carbonyl (C=O) groups is 2. The molecule has 1 unspecified atom stereocenters. The van der Waals surface area contributed by atoms with Crippen LogP contribution in [-0.4, -0.2) is 33.9 Å². The summed E-state index contributed by atoms with van der Waals surface area (Å²) in [5.41, 5.74) is 2.38. The number of methoxy groups -OCH3 is 1. The zero-order valence-corrected chi connectivity index (χ0v) is 17.1. The zero-order chi connectivity index (χ0) is 22.2. The molecule has 7 nitrogen and oxygen atoms in total. The monoisotopic (exact) mass is 425 g/mol. The van der Waals surface area contributed by atoms with Gasteiger partial charge in [0, 0.05) is 0 Å². The Hall–Kier alpha value is -4.39. The minimum absolute atomic E-state index is 0.0221. The van der Waals surface area contributed by atoms with Crippen molar-refractivity contribution in [3.8, 4) is 5.75 Å². The lowest BCUT2D eigenvalue weighted by atomic mass is 9.95. The predicted octanol–water partition coefficient (Wildman–Crippen LogP) is 4.20. The van der Waals surface area contributed by atoms with Crippen LogP contribution in [0.5, 0.6) is 5.75 Å². The SMILES string of the molecule is COc1ccccc1/C(O)=C1\C(=O)C(=O)N(c2nc3ccccc3[nH]2)C1c1ccccc1. The van der Waals surface area contributed by atoms with Gasteiger partial charge in [0.2, 0.25) is 5.95 Å². The van der Waals surface area contributed by atoms with Gasteiger partial charge in [0.1, 0.15) is 11.5 Å². The first-order valence-electron chi connectivity index (χ1n) is 10.0. The fraction of sp³-hybridized carbons (Fsp3) is 0.0800. The van der Waals surface area contributed by atoms with Gasteiger partial charge in [0.25, 0.3) is 5.78 Å². The Morgan fingerprint density at radius 1 is 0.969 bits per heavy atom. The highest BCUT2D eigenvalue weighted by molar-refractivity contribution is 6.51. The minimum Gasteiger partial charge on any atom is -0.507 e. The molecule has 7 heteroatoms. The molecule has 1 aliphatic heterocycles. The van der Waals surface area contributed by atoms with E-state index in [0.717, 1.165) is 5.52 Å². The first kappa shape index (κ1) is 19.6. The number of carbonyl (C=O) groups excluding carboxylic acids is 2. The van der Waals surface area contributed by atoms with E-state index in [9.17, 15) is 14.7 Å². The van der Waals surface area contributed by atoms with Gasteiger partial charge < -0.3 is 14.8 Å². The minimum atomic E-state index is -0.860. The van der Waals surface area contributed by atoms with Crippen molar-refractivity contribution in [2.24, 2.45) is 0 Å². The lowest BCUT2D eigenvalue weighted by Crippen LogP contribution is -2.30. The van der Waals surface area contributed by atoms with Crippen molar-refractivity contribution in [3.05, 3.63) is 95.6 Å². The predicted molar refractivity (Wildman–Crippen MR) is 120 cm³/mol. The molecule has 4 aromatic rings. The van der Waals surface area contributed by atoms with Crippen LogP contribution < -0.4 is 9.64 Å². The van der Waals surface area contributed by atoms with Gasteiger partial charge in [0.15, 0.2) is 0 Å². The van der Waals surface area contributed by atoms with Crippen LogP contribution in [0.4, 0.5) is 5.95 Å². The Morgan fingerprint density at radius 2 is 1.66 bits per heavy atom. The number of para-hydroxylation sites is 3. The number of hydrogen-bond donors (Lipinski definition) is 2. The number of benzene rings is 3. The Balaban J connectivity index is 1.75. The molecule has 32 heavy (non-hydrogen) atoms. The van der Waals surface area contributed by atoms with E-state index in [1.807, 2.05) is 54.6 Å². The molecule has 1 fully saturated rings. The van der Waals surface area contributed by atoms with Crippen molar-refractivity contribution < 1.29 is 19.4 Å². The molecule has 2 heterocycles. The van der Waals surface area contributed by atoms with Gasteiger partial charge in [0.05, 0.1) is 35.3 Å². The van der Waals surface area contributed by atoms with Crippen LogP contribution >= 0.6 is 0 Å². The second-order valence-electron chi connectivity index (χ2n) is 7.36. The van der Waals surface area contributed by atoms with Crippen LogP contribution in [0, 0.1) is 0 Å². The van der Waals surface area contributed by atoms with Gasteiger partial charge in [-0.3, -0.25) is 14.5 Å². The number of rotatable bonds is 4. The zero-order valence-electron chi connectivity index (χ0n) is 17.1. The standard InChI is InChI=1S/C25H19N3O4/c1-32-19-14-8-5-11-16(19)22(29)20-21(15-9-3-2-4-10-15)28(24(31)23(20)30)25-26-17-12-6-7-13-18(17)27-25/h2-14,21,29H,1H3,(H,26,27)/b22-20+. The average Bonchev–Trinajstić information content (AvgIpc) is 3.37. The summed E-state index contributed by atoms with van der Waals surface area (Å²) >= 11 is 0. The van der Waals surface area contributed by atoms with Crippen LogP contribution in [0.2, 0.25) is 0 Å². The molecule has 1 saturated heterocycles. The molecule has 0 aliphatic carbocycles. The third-order valence-electron chi connectivity index (χ3n) is 5.53. The molecule has 1 amide bonds. The van der Waals surface area contributed by atoms with E-state index in [4.69, 9.17) is 4.74 Å². The summed E-state index contributed by atoms with van der Waals surface area (Å²) in [6, 6.07) is 22.4. The molecule has 158 valence electrons. The number of Topliss-reactive ketones (excluding diaryl/α,β-unsaturated/α-hetero) is 1. The molecule has 0 spiro atoms. The summed E-state index contributed by atoms with van der Waals surface area (Å²) in [4.78, 5) is 35.4. The average molecular weight is 425 g/mol. The Labute approximate surface area is 183 Å². The maximum Gasteiger partial charge on any atom is 0.302 e. The van der Waals surface area contributed by atoms with Crippen molar-refractivity contribution in [1.29, 1.82) is 0 Å². The fourth-order valence-corrected chi connectivity index (χ4v) is 4.04. The number of aliphatic hydroxyl groups excluding tert-OH is 1. The van der Waals surface area contributed by atoms with Crippen molar-refractivity contribution >= 4 is 34.4 Å². The maximum atomic E-state index is 13.2. The van der Waals surface area contributed by atoms with E-state index >= 15 is 0 Å². The third-order valence-corrected chi connectivity index (χ3v) is 5.53. The molecule has 0 bridgehead atoms. The van der Waals surface area contributed by atoms with Crippen LogP contribution in [0.15, 0.2) is 84.4 Å². The van der Waals surface area contributed by atoms with Crippen molar-refractivity contribution in [2.45, 2.75) is 6.04 Å². The topological polar surface area (TPSA) is 95.5 Å². The van der Waals surface area contributed by atoms with Gasteiger partial charge >= 0.3 is 5.91 Å². The number of anilines is 1. The number of nitrogens with one attached hydrogen (secondary N) is 1. The van der Waals surface area contributed by atoms with Gasteiger partial charge in [-0.25, -0.2) is 4.98 Å². The van der Waals surface area contributed by atoms with Crippen LogP contribution in [0.3, 0.4) is 0 Å². The number of aromatic nitrogens is 2. The number of amides is 1. The van der Waals surface area contributed by atoms with E-state index in [0.29, 0.717) is 22.4 Å². The highest BCUT2D eigenvalue weighted by atomic mass is 16.5. The second kappa shape index (κ2) is 7.70. The number of aliphatic hydroxyl groups is 1. The summed E-state index contributed by atoms with van der Waals surface area (Å²) < 4.78 is 5.36. The summed E-state index contributed by atoms with van der Waals surface area (Å²) in [5.74, 6) is -1.22. The number of ketones is 1. The van der Waals surface area contributed by atoms with Crippen LogP contribution in [-0.2, 0) is 9.59 Å². The molecule has 0 radical (unpaired) electrons. The van der Waals surface area contributed by atoms with E-state index in [-0.39, 0.29) is 17.3 Å². The number of nitrogens with zero attached hydrogens (tertiary/aromatic N) is 2. The molecule has 1 atom stereocenters. The molecule has 5 rings (SSSR count). The molecule has 3 aromatic carbocycles. The van der Waals surface area contributed by atoms with Crippen molar-refractivity contribution in [2.75, 3.05) is 12.0 Å². The number of hydrogen-bond acceptors (Lipinski definition) is 5. The van der Waals surface area contributed by atoms with Crippen LogP contribution in [0.1, 0.15) is 17.2 Å². The van der Waals surface area contributed by atoms with E-state index in [1.54, 1.807) is 24.3 Å². The summed E-state index contributed by atoms with van der Waals surface area (Å²) in [6.45, 7) is 0. The summed E-state index contributed by atoms with van der Waals surface area (Å²) in [5, 5.41) is 11.2. The van der Waals surface area contributed by atoms with E-state index in [2.05, 4.69) is 9.97 Å². The smallest absolute Gasteiger partial charge is 0.302 e. The molecule has 0 saturated carbocycles. The molecular weight excluding hydrogens is 406 g/mol. The lowest BCUT2D eigenvalue weighted by Gasteiger charge is -2.23. The first-order chi connectivity index (χ1) is 15.6. The van der Waals surface area contributed by atoms with Gasteiger partial charge in [-0.2, -0.15) is 0 Å². The number of imidazole rings is 1. The van der Waals surface area contributed by atoms with Crippen LogP contribution in [0.25, 0.3) is 16.8 Å². The number of H-pyrrole nitrogens is 1. The summed E-state index contributed by atoms with van der Waals surface area (Å²) in [6.07, 6.45) is 0. The van der Waals surface area contributed by atoms with E-state index in [1.165, 1.54) is 12.0 Å². The second-order valence-corrected chi connectivity index (χ2v) is 7.36. The fourth-order valence-electron chi connectivity index (χ4n) is 4.04. The van der Waals surface area contributed by atoms with Gasteiger partial charge in [-0.15, -0.1) is 0 Å². The molecule has 1 aromatic heterocycles. The van der Waals surface area contributed by atoms with E-state index < -0.39 is 17.7 Å². The number of fused-ring (bicyclic) bond motifs is 1. The quantitative estimate of drug-likeness (QED) is 0.290. The Bertz CT molecular complexity index is 1340. The normalized spacial score (nSPS) is 17.8. The van der Waals surface area contributed by atoms with Crippen molar-refractivity contribution in [1.82, 2.24) is 9.97 Å². The van der Waals surface area contributed by atoms with Crippen molar-refractivity contribution in [3.63, 3.8) is 0 Å². The molecule has 1 aliphatic rings. The Kier molecular flexibility index (Phi) is 4.71. The lowest BCUT2D eigenvalue weighted by molar-refractivity contribution is -0.132. The molecular formula is C25H19N3O4. The first-order valence-corrected chi connectivity index (χ1v) is 10.0. The van der Waals surface area contributed by atoms with Gasteiger partial charge in [-0.05, 0) is 29.8 Å².